The molecular weight excluding hydrogens is 252 g/mol. The van der Waals surface area contributed by atoms with E-state index in [4.69, 9.17) is 9.88 Å². The molecule has 0 aliphatic heterocycles. The fourth-order valence-corrected chi connectivity index (χ4v) is 1.77. The molecule has 0 aliphatic carbocycles. The molecule has 0 radical (unpaired) electrons. The summed E-state index contributed by atoms with van der Waals surface area (Å²) in [6.45, 7) is 0.223. The van der Waals surface area contributed by atoms with Gasteiger partial charge in [-0.3, -0.25) is 0 Å². The van der Waals surface area contributed by atoms with Crippen LogP contribution in [-0.2, 0) is 10.0 Å². The summed E-state index contributed by atoms with van der Waals surface area (Å²) in [6.07, 6.45) is 0.831. The number of benzene rings is 1. The molecule has 1 aromatic carbocycles. The first kappa shape index (κ1) is 13.9. The third-order valence-electron chi connectivity index (χ3n) is 1.98. The monoisotopic (exact) mass is 265 g/mol. The van der Waals surface area contributed by atoms with Crippen molar-refractivity contribution in [1.82, 2.24) is 0 Å². The van der Waals surface area contributed by atoms with Crippen LogP contribution < -0.4 is 9.88 Å². The van der Waals surface area contributed by atoms with Crippen molar-refractivity contribution < 1.29 is 21.9 Å². The van der Waals surface area contributed by atoms with Gasteiger partial charge in [-0.05, 0) is 25.0 Å². The van der Waals surface area contributed by atoms with Gasteiger partial charge in [0.25, 0.3) is 0 Å². The summed E-state index contributed by atoms with van der Waals surface area (Å²) in [7, 11) is -3.45. The Balaban J connectivity index is 2.29. The summed E-state index contributed by atoms with van der Waals surface area (Å²) >= 11 is 0. The molecule has 0 heterocycles. The van der Waals surface area contributed by atoms with Gasteiger partial charge in [-0.25, -0.2) is 22.3 Å². The number of nitrogens with two attached hydrogens (primary N) is 1. The van der Waals surface area contributed by atoms with Crippen LogP contribution in [-0.4, -0.2) is 20.8 Å². The first-order valence-electron chi connectivity index (χ1n) is 4.97. The molecule has 0 fully saturated rings. The summed E-state index contributed by atoms with van der Waals surface area (Å²) < 4.78 is 51.6. The van der Waals surface area contributed by atoms with Crippen molar-refractivity contribution in [2.75, 3.05) is 12.4 Å². The summed E-state index contributed by atoms with van der Waals surface area (Å²) in [5.41, 5.74) is 0. The fourth-order valence-electron chi connectivity index (χ4n) is 1.16. The zero-order valence-corrected chi connectivity index (χ0v) is 9.84. The standard InChI is InChI=1S/C10H13F2NO3S/c11-9-4-3-8(7-10(9)12)16-5-1-2-6-17(13,14)15/h3-4,7H,1-2,5-6H2,(H2,13,14,15). The minimum absolute atomic E-state index is 0.117. The predicted octanol–water partition coefficient (Wildman–Crippen LogP) is 1.41. The molecule has 0 spiro atoms. The third kappa shape index (κ3) is 5.60. The highest BCUT2D eigenvalue weighted by molar-refractivity contribution is 7.89. The molecule has 17 heavy (non-hydrogen) atoms. The van der Waals surface area contributed by atoms with E-state index in [1.807, 2.05) is 0 Å². The van der Waals surface area contributed by atoms with Crippen LogP contribution in [0.15, 0.2) is 18.2 Å². The third-order valence-corrected chi connectivity index (χ3v) is 2.84. The molecule has 0 bridgehead atoms. The lowest BCUT2D eigenvalue weighted by Crippen LogP contribution is -2.16. The van der Waals surface area contributed by atoms with Crippen molar-refractivity contribution in [3.63, 3.8) is 0 Å². The van der Waals surface area contributed by atoms with Gasteiger partial charge in [-0.15, -0.1) is 0 Å². The van der Waals surface area contributed by atoms with Gasteiger partial charge in [0.2, 0.25) is 10.0 Å². The number of hydrogen-bond acceptors (Lipinski definition) is 3. The normalized spacial score (nSPS) is 11.5. The Hall–Kier alpha value is -1.21. The van der Waals surface area contributed by atoms with Crippen molar-refractivity contribution in [3.8, 4) is 5.75 Å². The van der Waals surface area contributed by atoms with E-state index in [9.17, 15) is 17.2 Å². The summed E-state index contributed by atoms with van der Waals surface area (Å²) in [6, 6.07) is 3.21. The molecule has 1 aromatic rings. The number of sulfonamides is 1. The first-order valence-corrected chi connectivity index (χ1v) is 6.68. The van der Waals surface area contributed by atoms with Gasteiger partial charge in [-0.2, -0.15) is 0 Å². The molecule has 7 heteroatoms. The van der Waals surface area contributed by atoms with E-state index < -0.39 is 21.7 Å². The molecule has 4 nitrogen and oxygen atoms in total. The number of rotatable bonds is 6. The van der Waals surface area contributed by atoms with Crippen molar-refractivity contribution in [1.29, 1.82) is 0 Å². The van der Waals surface area contributed by atoms with Crippen molar-refractivity contribution in [2.45, 2.75) is 12.8 Å². The highest BCUT2D eigenvalue weighted by Gasteiger charge is 2.04. The van der Waals surface area contributed by atoms with Crippen molar-refractivity contribution in [3.05, 3.63) is 29.8 Å². The molecular formula is C10H13F2NO3S. The first-order chi connectivity index (χ1) is 7.88. The molecule has 2 N–H and O–H groups in total. The van der Waals surface area contributed by atoms with Crippen LogP contribution in [0.25, 0.3) is 0 Å². The van der Waals surface area contributed by atoms with Gasteiger partial charge in [0, 0.05) is 6.07 Å². The summed E-state index contributed by atoms with van der Waals surface area (Å²) in [5, 5.41) is 4.81. The predicted molar refractivity (Wildman–Crippen MR) is 59.1 cm³/mol. The van der Waals surface area contributed by atoms with Gasteiger partial charge in [0.05, 0.1) is 12.4 Å². The Bertz CT molecular complexity index is 476. The maximum atomic E-state index is 12.8. The number of halogens is 2. The van der Waals surface area contributed by atoms with E-state index in [-0.39, 0.29) is 18.1 Å². The Morgan fingerprint density at radius 3 is 2.47 bits per heavy atom. The fraction of sp³-hybridized carbons (Fsp3) is 0.400. The number of ether oxygens (including phenoxy) is 1. The van der Waals surface area contributed by atoms with Crippen LogP contribution in [0.5, 0.6) is 5.75 Å². The maximum Gasteiger partial charge on any atom is 0.209 e. The van der Waals surface area contributed by atoms with Gasteiger partial charge in [0.1, 0.15) is 5.75 Å². The van der Waals surface area contributed by atoms with E-state index >= 15 is 0 Å². The van der Waals surface area contributed by atoms with Gasteiger partial charge in [0.15, 0.2) is 11.6 Å². The molecule has 0 unspecified atom stereocenters. The van der Waals surface area contributed by atoms with Gasteiger partial charge < -0.3 is 4.74 Å². The molecule has 0 amide bonds. The Morgan fingerprint density at radius 1 is 1.18 bits per heavy atom. The number of hydrogen-bond donors (Lipinski definition) is 1. The minimum Gasteiger partial charge on any atom is -0.493 e. The minimum atomic E-state index is -3.45. The smallest absolute Gasteiger partial charge is 0.209 e. The Morgan fingerprint density at radius 2 is 1.88 bits per heavy atom. The van der Waals surface area contributed by atoms with Crippen LogP contribution in [0.1, 0.15) is 12.8 Å². The SMILES string of the molecule is NS(=O)(=O)CCCCOc1ccc(F)c(F)c1. The van der Waals surface area contributed by atoms with E-state index in [2.05, 4.69) is 0 Å². The molecule has 1 rings (SSSR count). The molecule has 0 aliphatic rings. The zero-order chi connectivity index (χ0) is 12.9. The van der Waals surface area contributed by atoms with Crippen molar-refractivity contribution in [2.24, 2.45) is 5.14 Å². The summed E-state index contributed by atoms with van der Waals surface area (Å²) in [5.74, 6) is -1.83. The van der Waals surface area contributed by atoms with E-state index in [1.54, 1.807) is 0 Å². The lowest BCUT2D eigenvalue weighted by molar-refractivity contribution is 0.306. The van der Waals surface area contributed by atoms with Crippen LogP contribution >= 0.6 is 0 Å². The topological polar surface area (TPSA) is 69.4 Å². The van der Waals surface area contributed by atoms with Crippen LogP contribution in [0, 0.1) is 11.6 Å². The Kier molecular flexibility index (Phi) is 4.83. The molecule has 0 atom stereocenters. The highest BCUT2D eigenvalue weighted by atomic mass is 32.2. The number of primary sulfonamides is 1. The Labute approximate surface area is 98.4 Å². The molecule has 96 valence electrons. The maximum absolute atomic E-state index is 12.8. The molecule has 0 saturated heterocycles. The summed E-state index contributed by atoms with van der Waals surface area (Å²) in [4.78, 5) is 0. The van der Waals surface area contributed by atoms with E-state index in [1.165, 1.54) is 6.07 Å². The lowest BCUT2D eigenvalue weighted by Gasteiger charge is -2.05. The highest BCUT2D eigenvalue weighted by Crippen LogP contribution is 2.15. The lowest BCUT2D eigenvalue weighted by atomic mass is 10.3. The second-order valence-electron chi connectivity index (χ2n) is 3.50. The van der Waals surface area contributed by atoms with E-state index in [0.717, 1.165) is 12.1 Å². The quantitative estimate of drug-likeness (QED) is 0.791. The van der Waals surface area contributed by atoms with Gasteiger partial charge in [-0.1, -0.05) is 0 Å². The molecule has 0 saturated carbocycles. The second kappa shape index (κ2) is 5.92. The number of unbranched alkanes of at least 4 members (excludes halogenated alkanes) is 1. The zero-order valence-electron chi connectivity index (χ0n) is 9.03. The van der Waals surface area contributed by atoms with Crippen LogP contribution in [0.2, 0.25) is 0 Å². The van der Waals surface area contributed by atoms with E-state index in [0.29, 0.717) is 12.8 Å². The van der Waals surface area contributed by atoms with Crippen LogP contribution in [0.4, 0.5) is 8.78 Å². The molecule has 0 aromatic heterocycles. The largest absolute Gasteiger partial charge is 0.493 e. The van der Waals surface area contributed by atoms with Crippen molar-refractivity contribution >= 4 is 10.0 Å². The second-order valence-corrected chi connectivity index (χ2v) is 5.23. The van der Waals surface area contributed by atoms with Gasteiger partial charge >= 0.3 is 0 Å². The average molecular weight is 265 g/mol. The average Bonchev–Trinajstić information content (AvgIpc) is 2.21. The van der Waals surface area contributed by atoms with Crippen LogP contribution in [0.3, 0.4) is 0 Å².